The zero-order valence-electron chi connectivity index (χ0n) is 10.2. The van der Waals surface area contributed by atoms with Crippen molar-refractivity contribution in [1.29, 1.82) is 0 Å². The Morgan fingerprint density at radius 1 is 1.37 bits per heavy atom. The quantitative estimate of drug-likeness (QED) is 0.884. The highest BCUT2D eigenvalue weighted by molar-refractivity contribution is 5.97. The maximum absolute atomic E-state index is 13.1. The van der Waals surface area contributed by atoms with Crippen molar-refractivity contribution in [1.82, 2.24) is 10.3 Å². The van der Waals surface area contributed by atoms with Gasteiger partial charge < -0.3 is 10.3 Å². The number of carbonyl (C=O) groups is 1. The Bertz CT molecular complexity index is 704. The van der Waals surface area contributed by atoms with Gasteiger partial charge in [-0.05, 0) is 43.0 Å². The molecule has 0 radical (unpaired) electrons. The van der Waals surface area contributed by atoms with E-state index in [1.54, 1.807) is 0 Å². The van der Waals surface area contributed by atoms with Gasteiger partial charge in [-0.2, -0.15) is 0 Å². The van der Waals surface area contributed by atoms with Gasteiger partial charge in [0.15, 0.2) is 0 Å². The number of benzene rings is 1. The number of H-pyrrole nitrogens is 1. The van der Waals surface area contributed by atoms with Crippen molar-refractivity contribution in [2.75, 3.05) is 6.54 Å². The summed E-state index contributed by atoms with van der Waals surface area (Å²) in [6.45, 7) is 0.597. The molecule has 0 atom stereocenters. The predicted octanol–water partition coefficient (Wildman–Crippen LogP) is 1.81. The molecule has 1 aliphatic rings. The van der Waals surface area contributed by atoms with Crippen LogP contribution in [0.25, 0.3) is 10.9 Å². The Morgan fingerprint density at radius 3 is 2.89 bits per heavy atom. The molecule has 1 fully saturated rings. The lowest BCUT2D eigenvalue weighted by atomic mass is 10.1. The number of aromatic nitrogens is 1. The fourth-order valence-electron chi connectivity index (χ4n) is 2.00. The third-order valence-corrected chi connectivity index (χ3v) is 3.30. The van der Waals surface area contributed by atoms with E-state index in [1.165, 1.54) is 24.3 Å². The highest BCUT2D eigenvalue weighted by atomic mass is 19.1. The molecule has 1 saturated carbocycles. The lowest BCUT2D eigenvalue weighted by molar-refractivity contribution is 0.0950. The molecule has 5 heteroatoms. The monoisotopic (exact) mass is 260 g/mol. The Labute approximate surface area is 108 Å². The third-order valence-electron chi connectivity index (χ3n) is 3.30. The number of fused-ring (bicyclic) bond motifs is 1. The van der Waals surface area contributed by atoms with Crippen molar-refractivity contribution < 1.29 is 9.18 Å². The summed E-state index contributed by atoms with van der Waals surface area (Å²) >= 11 is 0. The number of amides is 1. The molecule has 3 rings (SSSR count). The van der Waals surface area contributed by atoms with Crippen LogP contribution in [-0.2, 0) is 0 Å². The third kappa shape index (κ3) is 2.50. The molecule has 98 valence electrons. The van der Waals surface area contributed by atoms with Crippen LogP contribution >= 0.6 is 0 Å². The Morgan fingerprint density at radius 2 is 2.16 bits per heavy atom. The van der Waals surface area contributed by atoms with Gasteiger partial charge in [0.25, 0.3) is 11.5 Å². The zero-order chi connectivity index (χ0) is 13.4. The average Bonchev–Trinajstić information content (AvgIpc) is 3.19. The molecule has 1 aliphatic carbocycles. The van der Waals surface area contributed by atoms with Crippen LogP contribution in [0.5, 0.6) is 0 Å². The molecule has 0 aliphatic heterocycles. The molecule has 1 heterocycles. The number of halogens is 1. The number of nitrogens with one attached hydrogen (secondary N) is 2. The summed E-state index contributed by atoms with van der Waals surface area (Å²) in [6, 6.07) is 5.48. The fourth-order valence-corrected chi connectivity index (χ4v) is 2.00. The number of carbonyl (C=O) groups excluding carboxylic acids is 1. The van der Waals surface area contributed by atoms with Crippen LogP contribution in [0.15, 0.2) is 29.1 Å². The highest BCUT2D eigenvalue weighted by Crippen LogP contribution is 2.27. The smallest absolute Gasteiger partial charge is 0.261 e. The first kappa shape index (κ1) is 11.9. The first-order chi connectivity index (χ1) is 9.13. The van der Waals surface area contributed by atoms with Crippen LogP contribution in [0.3, 0.4) is 0 Å². The summed E-state index contributed by atoms with van der Waals surface area (Å²) < 4.78 is 13.1. The molecule has 0 bridgehead atoms. The van der Waals surface area contributed by atoms with Gasteiger partial charge in [-0.25, -0.2) is 4.39 Å². The molecule has 1 aromatic carbocycles. The Hall–Kier alpha value is -2.17. The molecule has 4 nitrogen and oxygen atoms in total. The first-order valence-electron chi connectivity index (χ1n) is 6.24. The number of hydrogen-bond acceptors (Lipinski definition) is 2. The van der Waals surface area contributed by atoms with Crippen molar-refractivity contribution in [3.8, 4) is 0 Å². The summed E-state index contributed by atoms with van der Waals surface area (Å²) in [5, 5.41) is 3.24. The van der Waals surface area contributed by atoms with E-state index in [0.717, 1.165) is 12.8 Å². The molecule has 0 unspecified atom stereocenters. The summed E-state index contributed by atoms with van der Waals surface area (Å²) in [7, 11) is 0. The second-order valence-corrected chi connectivity index (χ2v) is 4.90. The second-order valence-electron chi connectivity index (χ2n) is 4.90. The number of pyridine rings is 1. The minimum absolute atomic E-state index is 0.0266. The lowest BCUT2D eigenvalue weighted by Crippen LogP contribution is -2.30. The normalized spacial score (nSPS) is 14.6. The first-order valence-corrected chi connectivity index (χ1v) is 6.24. The standard InChI is InChI=1S/C14H13FN2O2/c15-10-3-4-12-9(5-10)6-11(14(19)17-12)13(18)16-7-8-1-2-8/h3-6,8H,1-2,7H2,(H,16,18)(H,17,19). The van der Waals surface area contributed by atoms with Gasteiger partial charge in [-0.15, -0.1) is 0 Å². The molecule has 19 heavy (non-hydrogen) atoms. The van der Waals surface area contributed by atoms with Crippen molar-refractivity contribution in [2.45, 2.75) is 12.8 Å². The zero-order valence-corrected chi connectivity index (χ0v) is 10.2. The highest BCUT2D eigenvalue weighted by Gasteiger charge is 2.22. The second kappa shape index (κ2) is 4.50. The molecule has 0 saturated heterocycles. The molecule has 0 spiro atoms. The molecular formula is C14H13FN2O2. The van der Waals surface area contributed by atoms with Crippen LogP contribution in [-0.4, -0.2) is 17.4 Å². The molecule has 1 amide bonds. The predicted molar refractivity (Wildman–Crippen MR) is 69.6 cm³/mol. The van der Waals surface area contributed by atoms with E-state index in [4.69, 9.17) is 0 Å². The lowest BCUT2D eigenvalue weighted by Gasteiger charge is -2.05. The summed E-state index contributed by atoms with van der Waals surface area (Å²) in [6.07, 6.45) is 2.25. The van der Waals surface area contributed by atoms with Gasteiger partial charge in [0.05, 0.1) is 0 Å². The van der Waals surface area contributed by atoms with E-state index in [2.05, 4.69) is 10.3 Å². The Balaban J connectivity index is 1.94. The van der Waals surface area contributed by atoms with Crippen LogP contribution < -0.4 is 10.9 Å². The van der Waals surface area contributed by atoms with Gasteiger partial charge in [0.1, 0.15) is 11.4 Å². The van der Waals surface area contributed by atoms with Crippen molar-refractivity contribution in [3.05, 3.63) is 46.0 Å². The Kier molecular flexibility index (Phi) is 2.81. The number of rotatable bonds is 3. The maximum Gasteiger partial charge on any atom is 0.261 e. The molecule has 1 aromatic heterocycles. The summed E-state index contributed by atoms with van der Waals surface area (Å²) in [4.78, 5) is 26.3. The minimum Gasteiger partial charge on any atom is -0.352 e. The maximum atomic E-state index is 13.1. The number of aromatic amines is 1. The largest absolute Gasteiger partial charge is 0.352 e. The number of hydrogen-bond donors (Lipinski definition) is 2. The van der Waals surface area contributed by atoms with Crippen molar-refractivity contribution in [2.24, 2.45) is 5.92 Å². The van der Waals surface area contributed by atoms with E-state index in [0.29, 0.717) is 23.4 Å². The topological polar surface area (TPSA) is 62.0 Å². The molecular weight excluding hydrogens is 247 g/mol. The van der Waals surface area contributed by atoms with Crippen molar-refractivity contribution >= 4 is 16.8 Å². The van der Waals surface area contributed by atoms with Gasteiger partial charge in [0.2, 0.25) is 0 Å². The van der Waals surface area contributed by atoms with E-state index in [-0.39, 0.29) is 5.56 Å². The average molecular weight is 260 g/mol. The van der Waals surface area contributed by atoms with E-state index < -0.39 is 17.3 Å². The van der Waals surface area contributed by atoms with E-state index >= 15 is 0 Å². The van der Waals surface area contributed by atoms with Crippen LogP contribution in [0.4, 0.5) is 4.39 Å². The minimum atomic E-state index is -0.451. The summed E-state index contributed by atoms with van der Waals surface area (Å²) in [5.41, 5.74) is 0.0938. The van der Waals surface area contributed by atoms with Crippen LogP contribution in [0.2, 0.25) is 0 Å². The van der Waals surface area contributed by atoms with Gasteiger partial charge in [0, 0.05) is 17.4 Å². The van der Waals surface area contributed by atoms with E-state index in [9.17, 15) is 14.0 Å². The van der Waals surface area contributed by atoms with Crippen molar-refractivity contribution in [3.63, 3.8) is 0 Å². The molecule has 2 aromatic rings. The molecule has 2 N–H and O–H groups in total. The van der Waals surface area contributed by atoms with Crippen LogP contribution in [0.1, 0.15) is 23.2 Å². The van der Waals surface area contributed by atoms with E-state index in [1.807, 2.05) is 0 Å². The fraction of sp³-hybridized carbons (Fsp3) is 0.286. The summed E-state index contributed by atoms with van der Waals surface area (Å²) in [5.74, 6) is -0.260. The van der Waals surface area contributed by atoms with Gasteiger partial charge in [-0.1, -0.05) is 0 Å². The van der Waals surface area contributed by atoms with Crippen LogP contribution in [0, 0.1) is 11.7 Å². The van der Waals surface area contributed by atoms with Gasteiger partial charge in [-0.3, -0.25) is 9.59 Å². The van der Waals surface area contributed by atoms with Gasteiger partial charge >= 0.3 is 0 Å². The SMILES string of the molecule is O=C(NCC1CC1)c1cc2cc(F)ccc2[nH]c1=O.